The Hall–Kier alpha value is 2.05. The Morgan fingerprint density at radius 3 is 0.964 bits per heavy atom. The van der Waals surface area contributed by atoms with Crippen molar-refractivity contribution in [2.75, 3.05) is 0 Å². The third kappa shape index (κ3) is 12.8. The molecule has 3 nitrogen and oxygen atoms in total. The molecule has 16 heteroatoms. The Balaban J connectivity index is 0.000000480. The van der Waals surface area contributed by atoms with E-state index in [9.17, 15) is 0 Å². The first-order chi connectivity index (χ1) is 12.3. The zero-order valence-corrected chi connectivity index (χ0v) is 24.3. The molecule has 0 heterocycles. The first-order valence-corrected chi connectivity index (χ1v) is 28.0. The van der Waals surface area contributed by atoms with Crippen LogP contribution in [0.3, 0.4) is 0 Å². The van der Waals surface area contributed by atoms with Gasteiger partial charge in [-0.05, 0) is 24.3 Å². The van der Waals surface area contributed by atoms with E-state index >= 15 is 0 Å². The standard InChI is InChI=1S/C12H4Cl6N3.6ClH.Sb/c13-5-1-7(15)11(8(16)2-5)19-21-20-12-9(17)3-6(14)4-10(12)18;;;;;;;/h1-4H;6*1H;/q+1;;;;;;;+5/p-6. The predicted molar refractivity (Wildman–Crippen MR) is 130 cm³/mol. The second-order valence-electron chi connectivity index (χ2n) is 4.68. The van der Waals surface area contributed by atoms with E-state index in [1.807, 2.05) is 0 Å². The van der Waals surface area contributed by atoms with E-state index in [0.29, 0.717) is 10.0 Å². The molecule has 2 aromatic carbocycles. The normalized spacial score (nSPS) is 13.4. The van der Waals surface area contributed by atoms with Crippen molar-refractivity contribution in [1.82, 2.24) is 4.91 Å². The molecule has 0 fully saturated rings. The summed E-state index contributed by atoms with van der Waals surface area (Å²) < 4.78 is 0. The van der Waals surface area contributed by atoms with Crippen LogP contribution >= 0.6 is 123 Å². The number of hydrogen-bond acceptors (Lipinski definition) is 2. The van der Waals surface area contributed by atoms with Crippen LogP contribution in [0, 0.1) is 0 Å². The zero-order valence-electron chi connectivity index (χ0n) is 12.6. The van der Waals surface area contributed by atoms with Gasteiger partial charge in [0, 0.05) is 10.0 Å². The minimum atomic E-state index is -5.42. The molecule has 0 unspecified atom stereocenters. The molecule has 0 saturated carbocycles. The molecule has 0 aliphatic heterocycles. The molecule has 0 atom stereocenters. The van der Waals surface area contributed by atoms with Crippen molar-refractivity contribution in [2.45, 2.75) is 0 Å². The van der Waals surface area contributed by atoms with Crippen molar-refractivity contribution in [3.63, 3.8) is 0 Å². The van der Waals surface area contributed by atoms with Crippen LogP contribution in [0.2, 0.25) is 30.1 Å². The fraction of sp³-hybridized carbons (Fsp3) is 0. The van der Waals surface area contributed by atoms with Crippen molar-refractivity contribution in [2.24, 2.45) is 10.2 Å². The fourth-order valence-electron chi connectivity index (χ4n) is 1.37. The van der Waals surface area contributed by atoms with Gasteiger partial charge in [0.2, 0.25) is 4.91 Å². The van der Waals surface area contributed by atoms with Gasteiger partial charge in [0.15, 0.2) is 21.6 Å². The molecular weight excluding hydrogens is 733 g/mol. The first kappa shape index (κ1) is 28.1. The van der Waals surface area contributed by atoms with Crippen molar-refractivity contribution in [1.29, 1.82) is 0 Å². The number of benzene rings is 2. The number of rotatable bonds is 2. The van der Waals surface area contributed by atoms with Crippen molar-refractivity contribution >= 4 is 143 Å². The van der Waals surface area contributed by atoms with Crippen LogP contribution in [0.4, 0.5) is 11.4 Å². The van der Waals surface area contributed by atoms with E-state index in [2.05, 4.69) is 15.1 Å². The predicted octanol–water partition coefficient (Wildman–Crippen LogP) is 11.3. The Morgan fingerprint density at radius 2 is 0.750 bits per heavy atom. The van der Waals surface area contributed by atoms with Gasteiger partial charge >= 0.3 is 62.1 Å². The van der Waals surface area contributed by atoms with Gasteiger partial charge in [0.25, 0.3) is 0 Å². The van der Waals surface area contributed by atoms with E-state index in [4.69, 9.17) is 123 Å². The van der Waals surface area contributed by atoms with Crippen LogP contribution in [0.5, 0.6) is 0 Å². The van der Waals surface area contributed by atoms with Gasteiger partial charge in [0.05, 0.1) is 20.1 Å². The molecule has 156 valence electrons. The molecule has 2 rings (SSSR count). The third-order valence-corrected chi connectivity index (χ3v) is 3.84. The van der Waals surface area contributed by atoms with E-state index < -0.39 is 9.14 Å². The van der Waals surface area contributed by atoms with Gasteiger partial charge in [-0.2, -0.15) is 0 Å². The Bertz CT molecular complexity index is 845. The molecular formula is C12H4Cl12N3Sb. The van der Waals surface area contributed by atoms with Crippen LogP contribution in [0.25, 0.3) is 0 Å². The summed E-state index contributed by atoms with van der Waals surface area (Å²) >= 11 is 35.5. The van der Waals surface area contributed by atoms with Crippen LogP contribution in [0.1, 0.15) is 0 Å². The first-order valence-electron chi connectivity index (χ1n) is 6.30. The Labute approximate surface area is 209 Å². The van der Waals surface area contributed by atoms with Crippen molar-refractivity contribution in [3.8, 4) is 0 Å². The molecule has 0 N–H and O–H groups in total. The molecule has 0 saturated heterocycles. The molecule has 0 aliphatic carbocycles. The second kappa shape index (κ2) is 9.90. The van der Waals surface area contributed by atoms with Crippen LogP contribution in [-0.4, -0.2) is 9.14 Å². The van der Waals surface area contributed by atoms with Gasteiger partial charge in [-0.1, -0.05) is 69.6 Å². The Kier molecular flexibility index (Phi) is 9.93. The summed E-state index contributed by atoms with van der Waals surface area (Å²) in [6.07, 6.45) is 0. The monoisotopic (exact) mass is 731 g/mol. The van der Waals surface area contributed by atoms with Crippen molar-refractivity contribution < 1.29 is 0 Å². The number of halogens is 12. The van der Waals surface area contributed by atoms with Gasteiger partial charge in [0.1, 0.15) is 0 Å². The van der Waals surface area contributed by atoms with E-state index in [1.165, 1.54) is 24.3 Å². The third-order valence-electron chi connectivity index (χ3n) is 2.25. The molecule has 0 spiro atoms. The SMILES string of the molecule is Clc1cc(Cl)c(N=[N+]=Nc2c(Cl)cc(Cl)cc2Cl)c(Cl)c1.[Cl][Sb-]([Cl])([Cl])([Cl])([Cl])[Cl]. The average molecular weight is 737 g/mol. The quantitative estimate of drug-likeness (QED) is 0.167. The van der Waals surface area contributed by atoms with Crippen LogP contribution in [0.15, 0.2) is 34.5 Å². The summed E-state index contributed by atoms with van der Waals surface area (Å²) in [6, 6.07) is 5.97. The summed E-state index contributed by atoms with van der Waals surface area (Å²) in [5.74, 6) is 0. The second-order valence-corrected chi connectivity index (χ2v) is 64.1. The number of hydrogen-bond donors (Lipinski definition) is 0. The number of nitrogens with zero attached hydrogens (tertiary/aromatic N) is 3. The van der Waals surface area contributed by atoms with E-state index in [1.54, 1.807) is 0 Å². The van der Waals surface area contributed by atoms with Gasteiger partial charge < -0.3 is 0 Å². The van der Waals surface area contributed by atoms with E-state index in [-0.39, 0.29) is 31.5 Å². The summed E-state index contributed by atoms with van der Waals surface area (Å²) in [4.78, 5) is 3.64. The molecule has 0 amide bonds. The van der Waals surface area contributed by atoms with Crippen molar-refractivity contribution in [3.05, 3.63) is 54.4 Å². The van der Waals surface area contributed by atoms with Gasteiger partial charge in [-0.15, -0.1) is 0 Å². The van der Waals surface area contributed by atoms with Crippen LogP contribution in [-0.2, 0) is 0 Å². The maximum atomic E-state index is 5.97. The fourth-order valence-corrected chi connectivity index (χ4v) is 3.16. The zero-order chi connectivity index (χ0) is 22.0. The average Bonchev–Trinajstić information content (AvgIpc) is 2.40. The molecule has 0 bridgehead atoms. The maximum absolute atomic E-state index is 5.97. The summed E-state index contributed by atoms with van der Waals surface area (Å²) in [5, 5.41) is 9.45. The summed E-state index contributed by atoms with van der Waals surface area (Å²) in [5.41, 5.74) is 0.486. The molecule has 2 aromatic rings. The Morgan fingerprint density at radius 1 is 0.536 bits per heavy atom. The topological polar surface area (TPSA) is 38.8 Å². The molecule has 0 aromatic heterocycles. The molecule has 0 aliphatic rings. The van der Waals surface area contributed by atoms with Gasteiger partial charge in [-0.3, -0.25) is 0 Å². The summed E-state index contributed by atoms with van der Waals surface area (Å²) in [6.45, 7) is 0. The van der Waals surface area contributed by atoms with Gasteiger partial charge in [-0.25, -0.2) is 0 Å². The summed E-state index contributed by atoms with van der Waals surface area (Å²) in [7, 11) is 25.0. The molecule has 0 radical (unpaired) electrons. The minimum absolute atomic E-state index is 0.243. The molecule has 28 heavy (non-hydrogen) atoms. The van der Waals surface area contributed by atoms with Crippen LogP contribution < -0.4 is 4.91 Å². The van der Waals surface area contributed by atoms with E-state index in [0.717, 1.165) is 0 Å².